The first kappa shape index (κ1) is 13.9. The lowest BCUT2D eigenvalue weighted by atomic mass is 9.89. The van der Waals surface area contributed by atoms with Gasteiger partial charge in [0.15, 0.2) is 0 Å². The summed E-state index contributed by atoms with van der Waals surface area (Å²) in [7, 11) is 0. The van der Waals surface area contributed by atoms with Gasteiger partial charge >= 0.3 is 0 Å². The molecular formula is C14H17BrClNO. The molecule has 1 saturated carbocycles. The van der Waals surface area contributed by atoms with Crippen molar-refractivity contribution in [2.24, 2.45) is 5.41 Å². The Morgan fingerprint density at radius 2 is 2.06 bits per heavy atom. The molecule has 98 valence electrons. The number of carbonyl (C=O) groups excluding carboxylic acids is 1. The zero-order chi connectivity index (χ0) is 13.2. The maximum Gasteiger partial charge on any atom is 0.251 e. The summed E-state index contributed by atoms with van der Waals surface area (Å²) in [6.45, 7) is 2.99. The molecule has 0 radical (unpaired) electrons. The van der Waals surface area contributed by atoms with Crippen molar-refractivity contribution in [1.29, 1.82) is 0 Å². The van der Waals surface area contributed by atoms with Crippen LogP contribution in [0.15, 0.2) is 22.7 Å². The summed E-state index contributed by atoms with van der Waals surface area (Å²) in [6.07, 6.45) is 4.95. The van der Waals surface area contributed by atoms with Crippen molar-refractivity contribution < 1.29 is 4.79 Å². The minimum absolute atomic E-state index is 0.0497. The summed E-state index contributed by atoms with van der Waals surface area (Å²) in [5.41, 5.74) is 0.877. The Bertz CT molecular complexity index is 435. The van der Waals surface area contributed by atoms with Gasteiger partial charge in [-0.2, -0.15) is 0 Å². The summed E-state index contributed by atoms with van der Waals surface area (Å²) in [6, 6.07) is 5.26. The van der Waals surface area contributed by atoms with E-state index in [2.05, 4.69) is 28.2 Å². The molecule has 0 spiro atoms. The fourth-order valence-electron chi connectivity index (χ4n) is 2.49. The average Bonchev–Trinajstić information content (AvgIpc) is 2.72. The number of nitrogens with one attached hydrogen (secondary N) is 1. The molecule has 0 atom stereocenters. The van der Waals surface area contributed by atoms with Crippen molar-refractivity contribution in [3.63, 3.8) is 0 Å². The van der Waals surface area contributed by atoms with Crippen LogP contribution in [0.3, 0.4) is 0 Å². The van der Waals surface area contributed by atoms with E-state index in [-0.39, 0.29) is 11.3 Å². The summed E-state index contributed by atoms with van der Waals surface area (Å²) in [5, 5.41) is 3.59. The van der Waals surface area contributed by atoms with Gasteiger partial charge in [0.2, 0.25) is 0 Å². The maximum absolute atomic E-state index is 12.1. The molecule has 0 saturated heterocycles. The van der Waals surface area contributed by atoms with Crippen molar-refractivity contribution in [2.75, 3.05) is 6.54 Å². The molecule has 1 N–H and O–H groups in total. The molecule has 2 nitrogen and oxygen atoms in total. The van der Waals surface area contributed by atoms with Crippen LogP contribution >= 0.6 is 27.5 Å². The zero-order valence-corrected chi connectivity index (χ0v) is 12.8. The standard InChI is InChI=1S/C14H17BrClNO/c1-14(4-2-3-5-14)9-17-13(18)10-6-11(15)8-12(16)7-10/h6-8H,2-5,9H2,1H3,(H,17,18). The highest BCUT2D eigenvalue weighted by Gasteiger charge is 2.28. The molecule has 1 fully saturated rings. The fourth-order valence-corrected chi connectivity index (χ4v) is 3.35. The Hall–Kier alpha value is -0.540. The Balaban J connectivity index is 1.99. The molecular weight excluding hydrogens is 314 g/mol. The van der Waals surface area contributed by atoms with Gasteiger partial charge in [0.25, 0.3) is 5.91 Å². The van der Waals surface area contributed by atoms with E-state index in [1.54, 1.807) is 18.2 Å². The second-order valence-corrected chi connectivity index (χ2v) is 6.71. The monoisotopic (exact) mass is 329 g/mol. The van der Waals surface area contributed by atoms with Crippen molar-refractivity contribution in [3.8, 4) is 0 Å². The third-order valence-electron chi connectivity index (χ3n) is 3.61. The minimum atomic E-state index is -0.0497. The third-order valence-corrected chi connectivity index (χ3v) is 4.29. The Labute approximate surface area is 121 Å². The van der Waals surface area contributed by atoms with E-state index in [0.717, 1.165) is 11.0 Å². The summed E-state index contributed by atoms with van der Waals surface area (Å²) in [4.78, 5) is 12.1. The molecule has 1 aliphatic rings. The molecule has 1 aromatic rings. The fraction of sp³-hybridized carbons (Fsp3) is 0.500. The van der Waals surface area contributed by atoms with Gasteiger partial charge in [-0.3, -0.25) is 4.79 Å². The van der Waals surface area contributed by atoms with E-state index in [1.807, 2.05) is 0 Å². The van der Waals surface area contributed by atoms with E-state index in [0.29, 0.717) is 10.6 Å². The predicted octanol–water partition coefficient (Wildman–Crippen LogP) is 4.41. The van der Waals surface area contributed by atoms with E-state index in [1.165, 1.54) is 25.7 Å². The van der Waals surface area contributed by atoms with Crippen molar-refractivity contribution in [2.45, 2.75) is 32.6 Å². The van der Waals surface area contributed by atoms with Crippen LogP contribution in [0.2, 0.25) is 5.02 Å². The minimum Gasteiger partial charge on any atom is -0.351 e. The van der Waals surface area contributed by atoms with Gasteiger partial charge < -0.3 is 5.32 Å². The zero-order valence-electron chi connectivity index (χ0n) is 10.4. The van der Waals surface area contributed by atoms with E-state index < -0.39 is 0 Å². The van der Waals surface area contributed by atoms with Gasteiger partial charge in [0.05, 0.1) is 0 Å². The number of carbonyl (C=O) groups is 1. The number of hydrogen-bond acceptors (Lipinski definition) is 1. The molecule has 0 aliphatic heterocycles. The van der Waals surface area contributed by atoms with Crippen LogP contribution in [0.4, 0.5) is 0 Å². The van der Waals surface area contributed by atoms with Crippen molar-refractivity contribution in [3.05, 3.63) is 33.3 Å². The lowest BCUT2D eigenvalue weighted by molar-refractivity contribution is 0.0934. The largest absolute Gasteiger partial charge is 0.351 e. The maximum atomic E-state index is 12.1. The first-order chi connectivity index (χ1) is 8.48. The van der Waals surface area contributed by atoms with E-state index >= 15 is 0 Å². The molecule has 0 heterocycles. The van der Waals surface area contributed by atoms with E-state index in [4.69, 9.17) is 11.6 Å². The van der Waals surface area contributed by atoms with E-state index in [9.17, 15) is 4.79 Å². The van der Waals surface area contributed by atoms with Crippen molar-refractivity contribution >= 4 is 33.4 Å². The molecule has 2 rings (SSSR count). The Kier molecular flexibility index (Phi) is 4.33. The number of benzene rings is 1. The first-order valence-corrected chi connectivity index (χ1v) is 7.40. The molecule has 4 heteroatoms. The smallest absolute Gasteiger partial charge is 0.251 e. The number of amides is 1. The van der Waals surface area contributed by atoms with Gasteiger partial charge in [0.1, 0.15) is 0 Å². The van der Waals surface area contributed by atoms with Gasteiger partial charge in [-0.15, -0.1) is 0 Å². The topological polar surface area (TPSA) is 29.1 Å². The molecule has 1 amide bonds. The molecule has 0 unspecified atom stereocenters. The number of hydrogen-bond donors (Lipinski definition) is 1. The normalized spacial score (nSPS) is 17.7. The Morgan fingerprint density at radius 3 is 2.67 bits per heavy atom. The molecule has 0 aromatic heterocycles. The van der Waals surface area contributed by atoms with Crippen LogP contribution < -0.4 is 5.32 Å². The molecule has 18 heavy (non-hydrogen) atoms. The van der Waals surface area contributed by atoms with Gasteiger partial charge in [-0.25, -0.2) is 0 Å². The average molecular weight is 331 g/mol. The third kappa shape index (κ3) is 3.48. The quantitative estimate of drug-likeness (QED) is 0.873. The van der Waals surface area contributed by atoms with Crippen LogP contribution in [0.1, 0.15) is 43.0 Å². The summed E-state index contributed by atoms with van der Waals surface area (Å²) in [5.74, 6) is -0.0497. The highest BCUT2D eigenvalue weighted by molar-refractivity contribution is 9.10. The van der Waals surface area contributed by atoms with Crippen LogP contribution in [-0.4, -0.2) is 12.5 Å². The van der Waals surface area contributed by atoms with Crippen molar-refractivity contribution in [1.82, 2.24) is 5.32 Å². The highest BCUT2D eigenvalue weighted by atomic mass is 79.9. The second kappa shape index (κ2) is 5.62. The van der Waals surface area contributed by atoms with Crippen LogP contribution in [0, 0.1) is 5.41 Å². The molecule has 1 aromatic carbocycles. The van der Waals surface area contributed by atoms with Crippen LogP contribution in [-0.2, 0) is 0 Å². The summed E-state index contributed by atoms with van der Waals surface area (Å²) < 4.78 is 0.826. The predicted molar refractivity (Wildman–Crippen MR) is 78.1 cm³/mol. The lowest BCUT2D eigenvalue weighted by Gasteiger charge is -2.23. The second-order valence-electron chi connectivity index (χ2n) is 5.36. The SMILES string of the molecule is CC1(CNC(=O)c2cc(Cl)cc(Br)c2)CCCC1. The lowest BCUT2D eigenvalue weighted by Crippen LogP contribution is -2.34. The van der Waals surface area contributed by atoms with Gasteiger partial charge in [0, 0.05) is 21.6 Å². The van der Waals surface area contributed by atoms with Gasteiger partial charge in [-0.1, -0.05) is 47.3 Å². The summed E-state index contributed by atoms with van der Waals surface area (Å²) >= 11 is 9.28. The molecule has 1 aliphatic carbocycles. The number of rotatable bonds is 3. The first-order valence-electron chi connectivity index (χ1n) is 6.23. The highest BCUT2D eigenvalue weighted by Crippen LogP contribution is 2.36. The Morgan fingerprint density at radius 1 is 1.39 bits per heavy atom. The number of halogens is 2. The van der Waals surface area contributed by atoms with Gasteiger partial charge in [-0.05, 0) is 36.5 Å². The van der Waals surface area contributed by atoms with Crippen LogP contribution in [0.25, 0.3) is 0 Å². The molecule has 0 bridgehead atoms. The van der Waals surface area contributed by atoms with Crippen LogP contribution in [0.5, 0.6) is 0 Å².